The number of benzene rings is 1. The molecule has 2 aromatic rings. The molecule has 28 heavy (non-hydrogen) atoms. The van der Waals surface area contributed by atoms with Crippen LogP contribution in [0, 0.1) is 5.92 Å². The Hall–Kier alpha value is -3.35. The van der Waals surface area contributed by atoms with Gasteiger partial charge in [0.05, 0.1) is 17.7 Å². The Morgan fingerprint density at radius 3 is 3.00 bits per heavy atom. The smallest absolute Gasteiger partial charge is 0.410 e. The minimum Gasteiger partial charge on any atom is -0.445 e. The molecule has 1 aromatic carbocycles. The van der Waals surface area contributed by atoms with E-state index in [0.717, 1.165) is 41.2 Å². The molecule has 1 unspecified atom stereocenters. The summed E-state index contributed by atoms with van der Waals surface area (Å²) in [6.07, 6.45) is 5.05. The summed E-state index contributed by atoms with van der Waals surface area (Å²) < 4.78 is 5.50. The van der Waals surface area contributed by atoms with Crippen molar-refractivity contribution in [1.82, 2.24) is 15.2 Å². The Morgan fingerprint density at radius 1 is 1.32 bits per heavy atom. The van der Waals surface area contributed by atoms with E-state index in [1.807, 2.05) is 42.6 Å². The molecular formula is C21H23N5O2. The molecule has 2 N–H and O–H groups in total. The summed E-state index contributed by atoms with van der Waals surface area (Å²) in [5.74, 6) is 0.886. The third kappa shape index (κ3) is 3.69. The highest BCUT2D eigenvalue weighted by atomic mass is 16.6. The molecule has 7 nitrogen and oxygen atoms in total. The topological polar surface area (TPSA) is 82.1 Å². The molecule has 0 radical (unpaired) electrons. The number of likely N-dealkylation sites (tertiary alicyclic amines) is 1. The minimum absolute atomic E-state index is 0.0901. The molecule has 1 amide bonds. The van der Waals surface area contributed by atoms with Gasteiger partial charge in [0.25, 0.3) is 0 Å². The first kappa shape index (κ1) is 18.0. The monoisotopic (exact) mass is 377 g/mol. The van der Waals surface area contributed by atoms with E-state index in [9.17, 15) is 4.79 Å². The summed E-state index contributed by atoms with van der Waals surface area (Å²) in [4.78, 5) is 26.0. The highest BCUT2D eigenvalue weighted by Gasteiger charge is 2.30. The second-order valence-electron chi connectivity index (χ2n) is 6.89. The number of aliphatic imine (C=N–C) groups is 2. The van der Waals surface area contributed by atoms with Crippen molar-refractivity contribution < 1.29 is 9.53 Å². The number of hydrogen-bond acceptors (Lipinski definition) is 5. The first-order valence-corrected chi connectivity index (χ1v) is 9.39. The van der Waals surface area contributed by atoms with Crippen molar-refractivity contribution in [2.24, 2.45) is 15.9 Å². The maximum atomic E-state index is 12.6. The molecule has 144 valence electrons. The first-order chi connectivity index (χ1) is 13.8. The van der Waals surface area contributed by atoms with E-state index in [0.29, 0.717) is 13.1 Å². The van der Waals surface area contributed by atoms with Gasteiger partial charge in [0.1, 0.15) is 12.4 Å². The number of nitrogens with zero attached hydrogens (tertiary/aromatic N) is 3. The SMILES string of the molecule is C=N/C(=C1\NC=Nc2[nH]ccc21)C1CCCN(C(=O)OCc2ccccc2)C1. The fraction of sp³-hybridized carbons (Fsp3) is 0.286. The molecular weight excluding hydrogens is 354 g/mol. The molecule has 0 spiro atoms. The number of piperidine rings is 1. The molecule has 0 saturated carbocycles. The molecule has 0 bridgehead atoms. The van der Waals surface area contributed by atoms with Crippen molar-refractivity contribution in [3.63, 3.8) is 0 Å². The van der Waals surface area contributed by atoms with Gasteiger partial charge in [-0.3, -0.25) is 4.99 Å². The normalized spacial score (nSPS) is 20.1. The molecule has 7 heteroatoms. The summed E-state index contributed by atoms with van der Waals surface area (Å²) in [6.45, 7) is 5.30. The van der Waals surface area contributed by atoms with Crippen LogP contribution in [0.2, 0.25) is 0 Å². The van der Waals surface area contributed by atoms with Gasteiger partial charge in [0.15, 0.2) is 0 Å². The average Bonchev–Trinajstić information content (AvgIpc) is 3.23. The number of H-pyrrole nitrogens is 1. The van der Waals surface area contributed by atoms with Crippen LogP contribution in [0.5, 0.6) is 0 Å². The second-order valence-corrected chi connectivity index (χ2v) is 6.89. The van der Waals surface area contributed by atoms with Crippen LogP contribution in [-0.4, -0.2) is 42.1 Å². The van der Waals surface area contributed by atoms with Gasteiger partial charge in [-0.15, -0.1) is 0 Å². The summed E-state index contributed by atoms with van der Waals surface area (Å²) in [5, 5.41) is 3.20. The van der Waals surface area contributed by atoms with Gasteiger partial charge < -0.3 is 19.9 Å². The summed E-state index contributed by atoms with van der Waals surface area (Å²) >= 11 is 0. The van der Waals surface area contributed by atoms with Gasteiger partial charge in [0, 0.05) is 30.8 Å². The van der Waals surface area contributed by atoms with Gasteiger partial charge in [-0.2, -0.15) is 0 Å². The van der Waals surface area contributed by atoms with Crippen LogP contribution in [0.1, 0.15) is 24.0 Å². The van der Waals surface area contributed by atoms with Crippen LogP contribution < -0.4 is 5.32 Å². The highest BCUT2D eigenvalue weighted by Crippen LogP contribution is 2.34. The van der Waals surface area contributed by atoms with Crippen LogP contribution >= 0.6 is 0 Å². The van der Waals surface area contributed by atoms with Crippen molar-refractivity contribution in [3.8, 4) is 0 Å². The van der Waals surface area contributed by atoms with Crippen molar-refractivity contribution >= 4 is 30.7 Å². The van der Waals surface area contributed by atoms with Crippen LogP contribution in [0.15, 0.2) is 58.3 Å². The zero-order valence-corrected chi connectivity index (χ0v) is 15.6. The number of carbonyl (C=O) groups is 1. The lowest BCUT2D eigenvalue weighted by atomic mass is 9.92. The molecule has 4 rings (SSSR count). The molecule has 1 saturated heterocycles. The van der Waals surface area contributed by atoms with Crippen molar-refractivity contribution in [2.75, 3.05) is 13.1 Å². The van der Waals surface area contributed by atoms with Gasteiger partial charge in [-0.25, -0.2) is 9.79 Å². The van der Waals surface area contributed by atoms with Crippen LogP contribution in [0.3, 0.4) is 0 Å². The molecule has 2 aliphatic heterocycles. The number of aromatic amines is 1. The molecule has 1 fully saturated rings. The van der Waals surface area contributed by atoms with Gasteiger partial charge >= 0.3 is 6.09 Å². The number of rotatable bonds is 4. The Kier molecular flexibility index (Phi) is 5.23. The van der Waals surface area contributed by atoms with Crippen molar-refractivity contribution in [1.29, 1.82) is 0 Å². The van der Waals surface area contributed by atoms with E-state index in [4.69, 9.17) is 4.74 Å². The van der Waals surface area contributed by atoms with E-state index < -0.39 is 0 Å². The maximum Gasteiger partial charge on any atom is 0.410 e. The lowest BCUT2D eigenvalue weighted by molar-refractivity contribution is 0.0825. The quantitative estimate of drug-likeness (QED) is 0.797. The molecule has 1 aromatic heterocycles. The highest BCUT2D eigenvalue weighted by molar-refractivity contribution is 5.87. The Balaban J connectivity index is 1.47. The number of hydrogen-bond donors (Lipinski definition) is 2. The fourth-order valence-corrected chi connectivity index (χ4v) is 3.71. The van der Waals surface area contributed by atoms with E-state index in [2.05, 4.69) is 27.0 Å². The Bertz CT molecular complexity index is 916. The van der Waals surface area contributed by atoms with Crippen molar-refractivity contribution in [3.05, 3.63) is 59.4 Å². The molecule has 2 aliphatic rings. The summed E-state index contributed by atoms with van der Waals surface area (Å²) in [6, 6.07) is 11.7. The van der Waals surface area contributed by atoms with Gasteiger partial charge in [-0.05, 0) is 31.2 Å². The zero-order valence-electron chi connectivity index (χ0n) is 15.6. The van der Waals surface area contributed by atoms with Gasteiger partial charge in [-0.1, -0.05) is 30.3 Å². The largest absolute Gasteiger partial charge is 0.445 e. The molecule has 0 aliphatic carbocycles. The number of ether oxygens (including phenoxy) is 1. The minimum atomic E-state index is -0.289. The Labute approximate surface area is 163 Å². The predicted molar refractivity (Wildman–Crippen MR) is 109 cm³/mol. The van der Waals surface area contributed by atoms with Gasteiger partial charge in [0.2, 0.25) is 0 Å². The third-order valence-corrected chi connectivity index (χ3v) is 5.09. The second kappa shape index (κ2) is 8.12. The lowest BCUT2D eigenvalue weighted by Gasteiger charge is -2.33. The van der Waals surface area contributed by atoms with E-state index in [-0.39, 0.29) is 18.6 Å². The number of nitrogens with one attached hydrogen (secondary N) is 2. The summed E-state index contributed by atoms with van der Waals surface area (Å²) in [5.41, 5.74) is 3.69. The maximum absolute atomic E-state index is 12.6. The Morgan fingerprint density at radius 2 is 2.18 bits per heavy atom. The van der Waals surface area contributed by atoms with E-state index >= 15 is 0 Å². The third-order valence-electron chi connectivity index (χ3n) is 5.09. The van der Waals surface area contributed by atoms with Crippen LogP contribution in [0.4, 0.5) is 10.6 Å². The first-order valence-electron chi connectivity index (χ1n) is 9.39. The predicted octanol–water partition coefficient (Wildman–Crippen LogP) is 3.70. The van der Waals surface area contributed by atoms with Crippen molar-refractivity contribution in [2.45, 2.75) is 19.4 Å². The lowest BCUT2D eigenvalue weighted by Crippen LogP contribution is -2.41. The number of aromatic nitrogens is 1. The zero-order chi connectivity index (χ0) is 19.3. The van der Waals surface area contributed by atoms with E-state index in [1.165, 1.54) is 0 Å². The molecule has 1 atom stereocenters. The van der Waals surface area contributed by atoms with Crippen LogP contribution in [0.25, 0.3) is 5.70 Å². The molecule has 3 heterocycles. The average molecular weight is 377 g/mol. The summed E-state index contributed by atoms with van der Waals surface area (Å²) in [7, 11) is 0. The number of fused-ring (bicyclic) bond motifs is 1. The van der Waals surface area contributed by atoms with E-state index in [1.54, 1.807) is 11.2 Å². The fourth-order valence-electron chi connectivity index (χ4n) is 3.71. The number of carbonyl (C=O) groups excluding carboxylic acids is 1. The standard InChI is InChI=1S/C21H23N5O2/c1-22-18(19-17-9-10-23-20(17)25-14-24-19)16-8-5-11-26(12-16)21(27)28-13-15-6-3-2-4-7-15/h2-4,6-7,9-10,14,16,23H,1,5,8,11-13H2,(H,24,25)/b19-18-. The number of amides is 1. The van der Waals surface area contributed by atoms with Crippen LogP contribution in [-0.2, 0) is 11.3 Å².